The highest BCUT2D eigenvalue weighted by Crippen LogP contribution is 2.34. The van der Waals surface area contributed by atoms with Crippen LogP contribution in [0.15, 0.2) is 11.6 Å². The van der Waals surface area contributed by atoms with Gasteiger partial charge in [0.15, 0.2) is 0 Å². The van der Waals surface area contributed by atoms with Crippen molar-refractivity contribution in [1.29, 1.82) is 0 Å². The molecular weight excluding hydrogens is 572 g/mol. The number of carbonyl (C=O) groups is 1. The van der Waals surface area contributed by atoms with Gasteiger partial charge in [-0.2, -0.15) is 0 Å². The van der Waals surface area contributed by atoms with Crippen LogP contribution in [-0.4, -0.2) is 81.3 Å². The van der Waals surface area contributed by atoms with Crippen LogP contribution in [0.25, 0.3) is 0 Å². The molecule has 8 nitrogen and oxygen atoms in total. The van der Waals surface area contributed by atoms with E-state index in [1.807, 2.05) is 13.0 Å². The molecule has 0 aromatic rings. The normalized spacial score (nSPS) is 27.8. The van der Waals surface area contributed by atoms with Crippen LogP contribution in [-0.2, 0) is 19.0 Å². The average molecular weight is 639 g/mol. The summed E-state index contributed by atoms with van der Waals surface area (Å²) in [6.07, 6.45) is 21.9. The highest BCUT2D eigenvalue weighted by Gasteiger charge is 2.40. The Morgan fingerprint density at radius 2 is 1.11 bits per heavy atom. The van der Waals surface area contributed by atoms with Gasteiger partial charge in [-0.15, -0.1) is 0 Å². The zero-order valence-corrected chi connectivity index (χ0v) is 28.5. The molecule has 8 heteroatoms. The molecule has 2 saturated heterocycles. The van der Waals surface area contributed by atoms with Crippen LogP contribution < -0.4 is 0 Å². The molecule has 9 atom stereocenters. The van der Waals surface area contributed by atoms with Gasteiger partial charge in [-0.1, -0.05) is 84.0 Å². The zero-order valence-electron chi connectivity index (χ0n) is 28.5. The van der Waals surface area contributed by atoms with Crippen molar-refractivity contribution >= 4 is 5.97 Å². The number of aliphatic hydroxyl groups excluding tert-OH is 4. The first-order chi connectivity index (χ1) is 21.8. The number of esters is 1. The Labute approximate surface area is 273 Å². The van der Waals surface area contributed by atoms with E-state index in [2.05, 4.69) is 6.92 Å². The first-order valence-electron chi connectivity index (χ1n) is 18.7. The largest absolute Gasteiger partial charge is 0.455 e. The van der Waals surface area contributed by atoms with Crippen molar-refractivity contribution in [3.63, 3.8) is 0 Å². The van der Waals surface area contributed by atoms with Crippen molar-refractivity contribution in [2.75, 3.05) is 0 Å². The number of cyclic esters (lactones) is 1. The molecule has 2 fully saturated rings. The number of carbonyl (C=O) groups excluding carboxylic acids is 1. The fraction of sp³-hybridized carbons (Fsp3) is 0.919. The Balaban J connectivity index is 1.14. The van der Waals surface area contributed by atoms with Crippen LogP contribution in [0.5, 0.6) is 0 Å². The summed E-state index contributed by atoms with van der Waals surface area (Å²) in [5.41, 5.74) is 0.610. The van der Waals surface area contributed by atoms with Gasteiger partial charge in [0.2, 0.25) is 0 Å². The summed E-state index contributed by atoms with van der Waals surface area (Å²) in [5.74, 6) is -0.286. The molecule has 0 amide bonds. The fourth-order valence-electron chi connectivity index (χ4n) is 7.31. The molecule has 3 rings (SSSR count). The van der Waals surface area contributed by atoms with Gasteiger partial charge in [-0.25, -0.2) is 4.79 Å². The molecule has 0 aromatic carbocycles. The first kappa shape index (κ1) is 38.4. The summed E-state index contributed by atoms with van der Waals surface area (Å²) in [6, 6.07) is 0. The minimum absolute atomic E-state index is 0.00146. The average Bonchev–Trinajstić information content (AvgIpc) is 3.76. The van der Waals surface area contributed by atoms with E-state index in [4.69, 9.17) is 14.2 Å². The maximum absolute atomic E-state index is 11.7. The number of aliphatic hydroxyl groups is 4. The molecule has 3 aliphatic rings. The van der Waals surface area contributed by atoms with Crippen LogP contribution in [0.4, 0.5) is 0 Å². The maximum atomic E-state index is 11.7. The van der Waals surface area contributed by atoms with Gasteiger partial charge in [0, 0.05) is 12.0 Å². The molecule has 0 radical (unpaired) electrons. The quantitative estimate of drug-likeness (QED) is 0.0634. The lowest BCUT2D eigenvalue weighted by atomic mass is 9.99. The minimum Gasteiger partial charge on any atom is -0.455 e. The van der Waals surface area contributed by atoms with E-state index in [9.17, 15) is 25.2 Å². The van der Waals surface area contributed by atoms with Gasteiger partial charge in [0.05, 0.1) is 48.8 Å². The molecule has 0 bridgehead atoms. The molecular formula is C37H66O8. The predicted octanol–water partition coefficient (Wildman–Crippen LogP) is 6.83. The highest BCUT2D eigenvalue weighted by atomic mass is 16.6. The van der Waals surface area contributed by atoms with Crippen LogP contribution in [0, 0.1) is 0 Å². The van der Waals surface area contributed by atoms with Gasteiger partial charge in [0.1, 0.15) is 6.10 Å². The number of ether oxygens (including phenoxy) is 3. The standard InChI is InChI=1S/C37H66O8/c1-3-4-5-12-16-29(38)18-15-20-32(41)34-22-24-36(45-34)35-23-21-33(44-35)31(40)19-14-11-9-7-6-8-10-13-17-30(39)26-28-25-27(2)43-37(28)42/h25,27,29-36,38-41H,3-24,26H2,1-2H3/t27-,29+,30+,31-,32-,33-,34+,35+,36-/m1/s1. The Morgan fingerprint density at radius 3 is 1.64 bits per heavy atom. The van der Waals surface area contributed by atoms with E-state index in [-0.39, 0.29) is 42.6 Å². The summed E-state index contributed by atoms with van der Waals surface area (Å²) < 4.78 is 17.6. The molecule has 0 unspecified atom stereocenters. The minimum atomic E-state index is -0.490. The van der Waals surface area contributed by atoms with E-state index in [0.717, 1.165) is 96.3 Å². The van der Waals surface area contributed by atoms with E-state index >= 15 is 0 Å². The van der Waals surface area contributed by atoms with Gasteiger partial charge < -0.3 is 34.6 Å². The molecule has 4 N–H and O–H groups in total. The van der Waals surface area contributed by atoms with E-state index < -0.39 is 18.3 Å². The van der Waals surface area contributed by atoms with Crippen molar-refractivity contribution in [3.8, 4) is 0 Å². The van der Waals surface area contributed by atoms with Gasteiger partial charge >= 0.3 is 5.97 Å². The fourth-order valence-corrected chi connectivity index (χ4v) is 7.31. The third kappa shape index (κ3) is 14.7. The molecule has 0 aliphatic carbocycles. The van der Waals surface area contributed by atoms with E-state index in [1.165, 1.54) is 38.5 Å². The SMILES string of the molecule is CCCCCC[C@H](O)CCC[C@@H](O)[C@@H]1CC[C@H]([C@@H]2CC[C@H]([C@H](O)CCCCCCCCCC[C@H](O)CC3=C[C@@H](C)OC3=O)O2)O1. The summed E-state index contributed by atoms with van der Waals surface area (Å²) in [4.78, 5) is 11.7. The van der Waals surface area contributed by atoms with E-state index in [0.29, 0.717) is 18.4 Å². The van der Waals surface area contributed by atoms with Crippen LogP contribution in [0.1, 0.15) is 162 Å². The van der Waals surface area contributed by atoms with Crippen LogP contribution in [0.3, 0.4) is 0 Å². The molecule has 0 saturated carbocycles. The second-order valence-corrected chi connectivity index (χ2v) is 14.2. The Hall–Kier alpha value is -1.03. The number of hydrogen-bond donors (Lipinski definition) is 4. The molecule has 0 spiro atoms. The number of hydrogen-bond acceptors (Lipinski definition) is 8. The second-order valence-electron chi connectivity index (χ2n) is 14.2. The lowest BCUT2D eigenvalue weighted by molar-refractivity contribution is -0.139. The second kappa shape index (κ2) is 21.8. The molecule has 0 aromatic heterocycles. The van der Waals surface area contributed by atoms with Gasteiger partial charge in [-0.3, -0.25) is 0 Å². The monoisotopic (exact) mass is 638 g/mol. The summed E-state index contributed by atoms with van der Waals surface area (Å²) in [5, 5.41) is 41.9. The summed E-state index contributed by atoms with van der Waals surface area (Å²) in [6.45, 7) is 4.03. The smallest absolute Gasteiger partial charge is 0.334 e. The molecule has 3 heterocycles. The lowest BCUT2D eigenvalue weighted by Gasteiger charge is -2.24. The van der Waals surface area contributed by atoms with Crippen molar-refractivity contribution in [3.05, 3.63) is 11.6 Å². The van der Waals surface area contributed by atoms with E-state index in [1.54, 1.807) is 0 Å². The summed E-state index contributed by atoms with van der Waals surface area (Å²) in [7, 11) is 0. The number of unbranched alkanes of at least 4 members (excludes halogenated alkanes) is 10. The summed E-state index contributed by atoms with van der Waals surface area (Å²) >= 11 is 0. The van der Waals surface area contributed by atoms with Crippen LogP contribution >= 0.6 is 0 Å². The number of rotatable bonds is 25. The highest BCUT2D eigenvalue weighted by molar-refractivity contribution is 5.90. The third-order valence-corrected chi connectivity index (χ3v) is 10.1. The van der Waals surface area contributed by atoms with Crippen molar-refractivity contribution in [2.24, 2.45) is 0 Å². The van der Waals surface area contributed by atoms with Crippen molar-refractivity contribution in [2.45, 2.75) is 216 Å². The Bertz CT molecular complexity index is 833. The predicted molar refractivity (Wildman–Crippen MR) is 177 cm³/mol. The van der Waals surface area contributed by atoms with Crippen molar-refractivity contribution < 1.29 is 39.4 Å². The van der Waals surface area contributed by atoms with Gasteiger partial charge in [-0.05, 0) is 77.2 Å². The third-order valence-electron chi connectivity index (χ3n) is 10.1. The van der Waals surface area contributed by atoms with Crippen molar-refractivity contribution in [1.82, 2.24) is 0 Å². The topological polar surface area (TPSA) is 126 Å². The van der Waals surface area contributed by atoms with Crippen LogP contribution in [0.2, 0.25) is 0 Å². The first-order valence-corrected chi connectivity index (χ1v) is 18.7. The maximum Gasteiger partial charge on any atom is 0.334 e. The Morgan fingerprint density at radius 1 is 0.644 bits per heavy atom. The Kier molecular flexibility index (Phi) is 18.6. The van der Waals surface area contributed by atoms with Gasteiger partial charge in [0.25, 0.3) is 0 Å². The molecule has 3 aliphatic heterocycles. The lowest BCUT2D eigenvalue weighted by Crippen LogP contribution is -2.33. The molecule has 262 valence electrons. The zero-order chi connectivity index (χ0) is 32.4. The molecule has 45 heavy (non-hydrogen) atoms.